The van der Waals surface area contributed by atoms with Gasteiger partial charge in [-0.05, 0) is 67.3 Å². The van der Waals surface area contributed by atoms with E-state index >= 15 is 0 Å². The molecule has 0 radical (unpaired) electrons. The average molecular weight is 872 g/mol. The minimum Gasteiger partial charge on any atom is -0.490 e. The first-order chi connectivity index (χ1) is 30.7. The number of rotatable bonds is 26. The van der Waals surface area contributed by atoms with Crippen molar-refractivity contribution in [3.8, 4) is 22.9 Å². The molecule has 2 aromatic heterocycles. The summed E-state index contributed by atoms with van der Waals surface area (Å²) in [7, 11) is 0. The van der Waals surface area contributed by atoms with E-state index in [1.165, 1.54) is 0 Å². The number of pyridine rings is 2. The number of ether oxygens (including phenoxy) is 8. The molecule has 6 rings (SSSR count). The number of hydrazone groups is 1. The molecule has 0 bridgehead atoms. The molecular formula is C44H53N7O12. The van der Waals surface area contributed by atoms with Crippen molar-refractivity contribution >= 4 is 28.5 Å². The van der Waals surface area contributed by atoms with E-state index in [0.717, 1.165) is 16.5 Å². The second-order valence-corrected chi connectivity index (χ2v) is 14.4. The molecular weight excluding hydrogens is 819 g/mol. The number of cyclic esters (lactones) is 1. The first-order valence-corrected chi connectivity index (χ1v) is 20.9. The number of carbonyl (C=O) groups is 2. The second-order valence-electron chi connectivity index (χ2n) is 14.4. The number of aryl methyl sites for hydroxylation is 1. The molecule has 4 heterocycles. The van der Waals surface area contributed by atoms with Crippen LogP contribution in [-0.2, 0) is 63.2 Å². The Bertz CT molecular complexity index is 2380. The third-order valence-electron chi connectivity index (χ3n) is 10.5. The first kappa shape index (κ1) is 46.6. The highest BCUT2D eigenvalue weighted by Crippen LogP contribution is 2.40. The van der Waals surface area contributed by atoms with Crippen LogP contribution in [0, 0.1) is 0 Å². The van der Waals surface area contributed by atoms with Gasteiger partial charge >= 0.3 is 5.97 Å². The number of para-hydroxylation sites is 1. The summed E-state index contributed by atoms with van der Waals surface area (Å²) < 4.78 is 45.9. The number of amides is 1. The fraction of sp³-hybridized carbons (Fsp3) is 0.477. The predicted octanol–water partition coefficient (Wildman–Crippen LogP) is 4.33. The molecule has 2 aliphatic rings. The van der Waals surface area contributed by atoms with Gasteiger partial charge in [-0.3, -0.25) is 9.59 Å². The first-order valence-electron chi connectivity index (χ1n) is 20.9. The van der Waals surface area contributed by atoms with Crippen molar-refractivity contribution in [1.82, 2.24) is 15.0 Å². The number of hydrogen-bond donors (Lipinski definition) is 2. The van der Waals surface area contributed by atoms with Crippen molar-refractivity contribution < 1.29 is 52.6 Å². The van der Waals surface area contributed by atoms with Gasteiger partial charge in [-0.15, -0.1) is 0 Å². The zero-order chi connectivity index (χ0) is 44.6. The number of aromatic nitrogens is 2. The SMILES string of the molecule is CCc1c2c(nc3ccc(OCC(=O)N/N=C(\C)c4ccccc4OCCOCCOCCOCCOCCOCCN=[N+]=[N-])cc13)-c1cc3c(c(=O)n1C2)COC(=O)[C@]3(O)CC. The zero-order valence-corrected chi connectivity index (χ0v) is 35.8. The molecule has 63 heavy (non-hydrogen) atoms. The molecule has 0 saturated heterocycles. The second kappa shape index (κ2) is 23.0. The third kappa shape index (κ3) is 11.6. The molecule has 19 heteroatoms. The van der Waals surface area contributed by atoms with Crippen LogP contribution < -0.4 is 20.5 Å². The lowest BCUT2D eigenvalue weighted by molar-refractivity contribution is -0.172. The third-order valence-corrected chi connectivity index (χ3v) is 10.5. The number of azide groups is 1. The largest absolute Gasteiger partial charge is 0.490 e. The Labute approximate surface area is 363 Å². The molecule has 0 spiro atoms. The summed E-state index contributed by atoms with van der Waals surface area (Å²) >= 11 is 0. The molecule has 0 fully saturated rings. The summed E-state index contributed by atoms with van der Waals surface area (Å²) in [6.07, 6.45) is 0.694. The van der Waals surface area contributed by atoms with Crippen LogP contribution in [0.2, 0.25) is 0 Å². The molecule has 19 nitrogen and oxygen atoms in total. The van der Waals surface area contributed by atoms with Crippen LogP contribution >= 0.6 is 0 Å². The number of esters is 1. The number of benzene rings is 2. The van der Waals surface area contributed by atoms with Crippen LogP contribution in [0.5, 0.6) is 11.5 Å². The van der Waals surface area contributed by atoms with E-state index in [-0.39, 0.29) is 42.9 Å². The number of aliphatic hydroxyl groups is 1. The smallest absolute Gasteiger partial charge is 0.343 e. The Balaban J connectivity index is 0.926. The van der Waals surface area contributed by atoms with Gasteiger partial charge in [0.25, 0.3) is 11.5 Å². The van der Waals surface area contributed by atoms with Crippen molar-refractivity contribution in [2.24, 2.45) is 10.2 Å². The van der Waals surface area contributed by atoms with E-state index < -0.39 is 17.5 Å². The summed E-state index contributed by atoms with van der Waals surface area (Å²) in [4.78, 5) is 46.7. The monoisotopic (exact) mass is 871 g/mol. The molecule has 336 valence electrons. The molecule has 1 amide bonds. The number of fused-ring (bicyclic) bond motifs is 5. The fourth-order valence-corrected chi connectivity index (χ4v) is 7.26. The average Bonchev–Trinajstić information content (AvgIpc) is 3.67. The van der Waals surface area contributed by atoms with Crippen molar-refractivity contribution in [2.45, 2.75) is 52.4 Å². The quantitative estimate of drug-likeness (QED) is 0.0150. The van der Waals surface area contributed by atoms with Crippen molar-refractivity contribution in [2.75, 3.05) is 85.8 Å². The van der Waals surface area contributed by atoms with Gasteiger partial charge in [0.05, 0.1) is 101 Å². The molecule has 1 atom stereocenters. The summed E-state index contributed by atoms with van der Waals surface area (Å²) in [6, 6.07) is 14.4. The summed E-state index contributed by atoms with van der Waals surface area (Å²) in [5.74, 6) is -0.179. The van der Waals surface area contributed by atoms with E-state index in [2.05, 4.69) is 20.6 Å². The highest BCUT2D eigenvalue weighted by atomic mass is 16.6. The van der Waals surface area contributed by atoms with E-state index in [4.69, 9.17) is 48.4 Å². The van der Waals surface area contributed by atoms with E-state index in [9.17, 15) is 19.5 Å². The lowest BCUT2D eigenvalue weighted by atomic mass is 9.86. The minimum atomic E-state index is -1.91. The lowest BCUT2D eigenvalue weighted by Gasteiger charge is -2.31. The molecule has 0 aliphatic carbocycles. The summed E-state index contributed by atoms with van der Waals surface area (Å²) in [6.45, 7) is 9.97. The maximum absolute atomic E-state index is 13.7. The Morgan fingerprint density at radius 3 is 2.24 bits per heavy atom. The van der Waals surface area contributed by atoms with Gasteiger partial charge in [-0.1, -0.05) is 31.1 Å². The van der Waals surface area contributed by atoms with Crippen LogP contribution in [0.25, 0.3) is 32.7 Å². The predicted molar refractivity (Wildman–Crippen MR) is 230 cm³/mol. The number of nitrogens with one attached hydrogen (secondary N) is 1. The van der Waals surface area contributed by atoms with E-state index in [0.29, 0.717) is 125 Å². The van der Waals surface area contributed by atoms with Gasteiger partial charge in [-0.2, -0.15) is 5.10 Å². The van der Waals surface area contributed by atoms with Crippen LogP contribution in [0.15, 0.2) is 63.5 Å². The zero-order valence-electron chi connectivity index (χ0n) is 35.8. The van der Waals surface area contributed by atoms with Crippen LogP contribution in [-0.4, -0.2) is 118 Å². The van der Waals surface area contributed by atoms with Crippen LogP contribution in [0.4, 0.5) is 0 Å². The Hall–Kier alpha value is -5.92. The molecule has 4 aromatic rings. The fourth-order valence-electron chi connectivity index (χ4n) is 7.26. The van der Waals surface area contributed by atoms with Gasteiger partial charge in [-0.25, -0.2) is 15.2 Å². The van der Waals surface area contributed by atoms with Gasteiger partial charge in [0, 0.05) is 33.5 Å². The normalized spacial score (nSPS) is 15.3. The topological polar surface area (TPSA) is 236 Å². The molecule has 0 saturated carbocycles. The van der Waals surface area contributed by atoms with Gasteiger partial charge < -0.3 is 47.6 Å². The van der Waals surface area contributed by atoms with E-state index in [1.807, 2.05) is 37.3 Å². The van der Waals surface area contributed by atoms with Gasteiger partial charge in [0.1, 0.15) is 24.7 Å². The molecule has 2 aromatic carbocycles. The Morgan fingerprint density at radius 2 is 1.57 bits per heavy atom. The highest BCUT2D eigenvalue weighted by Gasteiger charge is 2.45. The molecule has 2 N–H and O–H groups in total. The van der Waals surface area contributed by atoms with Crippen molar-refractivity contribution in [1.29, 1.82) is 0 Å². The number of carbonyl (C=O) groups excluding carboxylic acids is 2. The Morgan fingerprint density at radius 1 is 0.905 bits per heavy atom. The van der Waals surface area contributed by atoms with Crippen LogP contribution in [0.3, 0.4) is 0 Å². The highest BCUT2D eigenvalue weighted by molar-refractivity contribution is 6.01. The summed E-state index contributed by atoms with van der Waals surface area (Å²) in [5, 5.41) is 19.7. The standard InChI is InChI=1S/C44H53N7O12/c1-4-31-33-24-30(10-11-37(33)47-41-34(31)26-51-38(41)25-36-35(42(51)53)27-63-43(54)44(36,55)5-2)62-28-40(52)49-48-29(3)32-8-6-7-9-39(32)61-23-22-60-21-20-59-19-18-58-17-16-57-15-14-56-13-12-46-50-45/h6-11,24-25,55H,4-5,12-23,26-28H2,1-3H3,(H,49,52)/b48-29+/t44-/m0/s1. The number of hydrogen-bond acceptors (Lipinski definition) is 15. The maximum Gasteiger partial charge on any atom is 0.343 e. The van der Waals surface area contributed by atoms with Crippen LogP contribution in [0.1, 0.15) is 55.0 Å². The van der Waals surface area contributed by atoms with Crippen molar-refractivity contribution in [3.05, 3.63) is 97.1 Å². The maximum atomic E-state index is 13.7. The van der Waals surface area contributed by atoms with Gasteiger partial charge in [0.15, 0.2) is 12.2 Å². The van der Waals surface area contributed by atoms with E-state index in [1.54, 1.807) is 36.6 Å². The lowest BCUT2D eigenvalue weighted by Crippen LogP contribution is -2.44. The van der Waals surface area contributed by atoms with Crippen molar-refractivity contribution in [3.63, 3.8) is 0 Å². The van der Waals surface area contributed by atoms with Gasteiger partial charge in [0.2, 0.25) is 0 Å². The minimum absolute atomic E-state index is 0.0614. The molecule has 2 aliphatic heterocycles. The number of nitrogens with zero attached hydrogens (tertiary/aromatic N) is 6. The Kier molecular flexibility index (Phi) is 17.0. The summed E-state index contributed by atoms with van der Waals surface area (Å²) in [5.41, 5.74) is 14.0. The molecule has 0 unspecified atom stereocenters.